The average molecular weight is 1050 g/mol. The molecular weight excluding hydrogens is 1020 g/mol. The molecule has 3 unspecified atom stereocenters. The third-order valence-corrected chi connectivity index (χ3v) is 12.3. The smallest absolute Gasteiger partial charge is 0.472 e. The van der Waals surface area contributed by atoms with Crippen LogP contribution in [0.3, 0.4) is 0 Å². The summed E-state index contributed by atoms with van der Waals surface area (Å²) >= 11 is 10.0. The first-order chi connectivity index (χ1) is 27.0. The van der Waals surface area contributed by atoms with Gasteiger partial charge in [-0.3, -0.25) is 51.8 Å². The molecule has 7 rings (SSSR count). The molecule has 1 radical (unpaired) electrons. The second-order valence-corrected chi connectivity index (χ2v) is 18.0. The second-order valence-electron chi connectivity index (χ2n) is 13.2. The summed E-state index contributed by atoms with van der Waals surface area (Å²) in [4.78, 5) is 97.5. The quantitative estimate of drug-likeness (QED) is 0.0961. The van der Waals surface area contributed by atoms with Crippen LogP contribution in [-0.4, -0.2) is 123 Å². The molecule has 3 aromatic heterocycles. The Kier molecular flexibility index (Phi) is 14.4. The number of rotatable bonds is 9. The number of hydrogen-bond donors (Lipinski definition) is 4. The van der Waals surface area contributed by atoms with Gasteiger partial charge in [0.1, 0.15) is 30.7 Å². The number of unbranched alkanes of at least 4 members (excludes halogenated alkanes) is 2. The van der Waals surface area contributed by atoms with Gasteiger partial charge in [0.05, 0.1) is 19.5 Å². The van der Waals surface area contributed by atoms with E-state index >= 15 is 8.78 Å². The van der Waals surface area contributed by atoms with Crippen molar-refractivity contribution >= 4 is 73.7 Å². The molecule has 323 valence electrons. The van der Waals surface area contributed by atoms with E-state index in [4.69, 9.17) is 52.0 Å². The molecule has 4 aliphatic heterocycles. The molecule has 58 heavy (non-hydrogen) atoms. The third kappa shape index (κ3) is 9.80. The number of carbonyl (C=O) groups excluding carboxylic acids is 3. The Hall–Kier alpha value is -2.16. The van der Waals surface area contributed by atoms with Gasteiger partial charge in [0.2, 0.25) is 17.7 Å². The number of nitrogens with zero attached hydrogens (tertiary/aromatic N) is 6. The standard InChI is InChI=1S/C29H34F2N8O14P2S2.Tm/c30-19-22-14(10-49-55(47,57)53-23-13(9-48-54(45,46)52-22)50-27(20(23)31)38-7-5-17(41)36-29(38)44)51-28(19)39-12-34-21-24(32-11-33-25(21)39)35-16(40)4-2-1-3-6-37-18(42)8-15(56)26(37)43;/h5,7,11-15,19-20,22-23,27-28,56H,1-4,6,8-10H2,(H,45,46)(H,47,57)(H,36,41,44)(H,32,33,35,40);/p-1/t13-,14-,15?,19-,20-,22-,23-,27-,28-,55?;/m1./s1. The summed E-state index contributed by atoms with van der Waals surface area (Å²) in [5.41, 5.74) is -1.83. The molecule has 7 heterocycles. The molecule has 29 heteroatoms. The first kappa shape index (κ1) is 45.4. The molecule has 4 aliphatic rings. The van der Waals surface area contributed by atoms with Gasteiger partial charge in [0.15, 0.2) is 41.8 Å². The first-order valence-corrected chi connectivity index (χ1v) is 21.8. The maximum atomic E-state index is 16.3. The number of hydrogen-bond acceptors (Lipinski definition) is 17. The monoisotopic (exact) mass is 1050 g/mol. The number of alkyl halides is 2. The van der Waals surface area contributed by atoms with Crippen LogP contribution in [0, 0.1) is 36.9 Å². The maximum absolute atomic E-state index is 16.3. The Morgan fingerprint density at radius 1 is 0.983 bits per heavy atom. The number of fused-ring (bicyclic) bond motifs is 3. The zero-order chi connectivity index (χ0) is 40.8. The van der Waals surface area contributed by atoms with Crippen LogP contribution < -0.4 is 16.6 Å². The number of ether oxygens (including phenoxy) is 2. The van der Waals surface area contributed by atoms with Gasteiger partial charge in [-0.25, -0.2) is 33.1 Å². The van der Waals surface area contributed by atoms with E-state index in [-0.39, 0.29) is 85.1 Å². The number of anilines is 1. The summed E-state index contributed by atoms with van der Waals surface area (Å²) in [6.45, 7) is -5.99. The van der Waals surface area contributed by atoms with E-state index in [2.05, 4.69) is 20.3 Å². The summed E-state index contributed by atoms with van der Waals surface area (Å²) in [5.74, 6) is -1.16. The van der Waals surface area contributed by atoms with Crippen LogP contribution in [0.1, 0.15) is 44.6 Å². The fourth-order valence-electron chi connectivity index (χ4n) is 6.63. The minimum absolute atomic E-state index is 0. The van der Waals surface area contributed by atoms with E-state index in [0.717, 1.165) is 34.4 Å². The summed E-state index contributed by atoms with van der Waals surface area (Å²) < 4.78 is 79.4. The van der Waals surface area contributed by atoms with E-state index in [0.29, 0.717) is 23.8 Å². The van der Waals surface area contributed by atoms with E-state index in [1.807, 2.05) is 4.98 Å². The molecule has 11 atom stereocenters. The van der Waals surface area contributed by atoms with Crippen molar-refractivity contribution in [3.8, 4) is 0 Å². The fraction of sp³-hybridized carbons (Fsp3) is 0.586. The maximum Gasteiger partial charge on any atom is 0.472 e. The van der Waals surface area contributed by atoms with Crippen LogP contribution in [0.15, 0.2) is 34.5 Å². The number of phosphoric acid groups is 1. The van der Waals surface area contributed by atoms with Crippen molar-refractivity contribution < 1.29 is 102 Å². The van der Waals surface area contributed by atoms with Gasteiger partial charge >= 0.3 is 20.2 Å². The molecule has 0 aromatic carbocycles. The van der Waals surface area contributed by atoms with Gasteiger partial charge in [-0.2, -0.15) is 0 Å². The third-order valence-electron chi connectivity index (χ3n) is 9.35. The Morgan fingerprint density at radius 2 is 1.66 bits per heavy atom. The number of imidazole rings is 1. The van der Waals surface area contributed by atoms with Crippen molar-refractivity contribution in [2.75, 3.05) is 25.1 Å². The molecule has 4 saturated heterocycles. The summed E-state index contributed by atoms with van der Waals surface area (Å²) in [7, 11) is -5.22. The minimum atomic E-state index is -5.22. The predicted octanol–water partition coefficient (Wildman–Crippen LogP) is 0.155. The molecular formula is C29H33F2N8O14P2S2Tm-. The molecule has 3 aromatic rings. The number of phosphoric ester groups is 1. The molecule has 0 bridgehead atoms. The van der Waals surface area contributed by atoms with Crippen LogP contribution in [0.25, 0.3) is 11.2 Å². The average Bonchev–Trinajstić information content (AvgIpc) is 3.86. The number of H-pyrrole nitrogens is 1. The Bertz CT molecular complexity index is 2280. The van der Waals surface area contributed by atoms with Gasteiger partial charge in [-0.1, -0.05) is 11.7 Å². The van der Waals surface area contributed by atoms with E-state index in [1.54, 1.807) is 0 Å². The fourth-order valence-corrected chi connectivity index (χ4v) is 9.29. The Balaban J connectivity index is 0.00000567. The van der Waals surface area contributed by atoms with E-state index in [9.17, 15) is 38.3 Å². The van der Waals surface area contributed by atoms with Crippen molar-refractivity contribution in [1.29, 1.82) is 0 Å². The second kappa shape index (κ2) is 18.4. The summed E-state index contributed by atoms with van der Waals surface area (Å²) in [6, 6.07) is 0.918. The SMILES string of the molecule is O=C(CCCCCN1C(=O)CC([S-])C1=O)Nc1ncnc2c1ncn2[C@@H]1O[C@@H]2COP(O)(=S)O[C@H]3[C@@H](F)[C@H](n4ccc(=O)[nH]c4=O)O[C@@H]3COP(=O)(O)O[C@H]2[C@H]1F.[Tm]. The molecule has 0 saturated carbocycles. The number of aromatic amines is 1. The number of aromatic nitrogens is 6. The van der Waals surface area contributed by atoms with E-state index in [1.165, 1.54) is 0 Å². The predicted molar refractivity (Wildman–Crippen MR) is 192 cm³/mol. The molecule has 3 amide bonds. The molecule has 4 N–H and O–H groups in total. The first-order valence-electron chi connectivity index (χ1n) is 17.2. The molecule has 22 nitrogen and oxygen atoms in total. The van der Waals surface area contributed by atoms with Crippen LogP contribution in [0.5, 0.6) is 0 Å². The van der Waals surface area contributed by atoms with Gasteiger partial charge < -0.3 is 41.7 Å². The minimum Gasteiger partial charge on any atom is -0.779 e. The van der Waals surface area contributed by atoms with Crippen LogP contribution in [0.4, 0.5) is 14.6 Å². The molecule has 4 fully saturated rings. The molecule has 0 spiro atoms. The number of imide groups is 1. The van der Waals surface area contributed by atoms with Crippen molar-refractivity contribution in [1.82, 2.24) is 34.0 Å². The number of likely N-dealkylation sites (tertiary alicyclic amines) is 1. The van der Waals surface area contributed by atoms with Crippen molar-refractivity contribution in [3.63, 3.8) is 0 Å². The van der Waals surface area contributed by atoms with Crippen molar-refractivity contribution in [2.45, 2.75) is 86.6 Å². The largest absolute Gasteiger partial charge is 0.779 e. The van der Waals surface area contributed by atoms with Gasteiger partial charge in [0.25, 0.3) is 5.56 Å². The molecule has 0 aliphatic carbocycles. The van der Waals surface area contributed by atoms with Crippen LogP contribution >= 0.6 is 14.5 Å². The summed E-state index contributed by atoms with van der Waals surface area (Å²) in [6.07, 6.45) is -10.3. The number of halogens is 2. The number of carbonyl (C=O) groups is 3. The zero-order valence-corrected chi connectivity index (χ0v) is 34.6. The van der Waals surface area contributed by atoms with Gasteiger partial charge in [-0.15, -0.1) is 0 Å². The van der Waals surface area contributed by atoms with Gasteiger partial charge in [0, 0.05) is 68.5 Å². The van der Waals surface area contributed by atoms with E-state index < -0.39 is 99.4 Å². The number of nitrogens with one attached hydrogen (secondary N) is 2. The summed E-state index contributed by atoms with van der Waals surface area (Å²) in [5, 5.41) is 1.87. The zero-order valence-electron chi connectivity index (χ0n) is 29.4. The number of amides is 3. The normalized spacial score (nSPS) is 34.2. The van der Waals surface area contributed by atoms with Crippen LogP contribution in [-0.2, 0) is 71.0 Å². The van der Waals surface area contributed by atoms with Crippen molar-refractivity contribution in [2.24, 2.45) is 0 Å². The topological polar surface area (TPSA) is 278 Å². The Morgan fingerprint density at radius 3 is 2.33 bits per heavy atom. The van der Waals surface area contributed by atoms with Gasteiger partial charge in [-0.05, 0) is 24.6 Å². The van der Waals surface area contributed by atoms with Crippen molar-refractivity contribution in [3.05, 3.63) is 45.8 Å². The Labute approximate surface area is 364 Å². The van der Waals surface area contributed by atoms with Crippen LogP contribution in [0.2, 0.25) is 0 Å².